The van der Waals surface area contributed by atoms with Crippen molar-refractivity contribution in [2.45, 2.75) is 26.4 Å². The molecular formula is C11H20N2O2S. The minimum absolute atomic E-state index is 0.0209. The molecule has 0 bridgehead atoms. The van der Waals surface area contributed by atoms with Gasteiger partial charge in [0.2, 0.25) is 0 Å². The van der Waals surface area contributed by atoms with Crippen LogP contribution in [0, 0.1) is 6.92 Å². The van der Waals surface area contributed by atoms with Crippen LogP contribution in [0.2, 0.25) is 0 Å². The smallest absolute Gasteiger partial charge is 0.0930 e. The summed E-state index contributed by atoms with van der Waals surface area (Å²) >= 11 is 1.68. The van der Waals surface area contributed by atoms with Gasteiger partial charge in [-0.3, -0.25) is 0 Å². The lowest BCUT2D eigenvalue weighted by molar-refractivity contribution is -0.00559. The number of hydrogen-bond acceptors (Lipinski definition) is 5. The SMILES string of the molecule is CCOC(CN)COCCc1scnc1C. The molecule has 1 unspecified atom stereocenters. The first-order valence-corrected chi connectivity index (χ1v) is 6.44. The maximum absolute atomic E-state index is 5.55. The zero-order chi connectivity index (χ0) is 11.8. The highest BCUT2D eigenvalue weighted by molar-refractivity contribution is 7.09. The van der Waals surface area contributed by atoms with E-state index >= 15 is 0 Å². The van der Waals surface area contributed by atoms with E-state index in [4.69, 9.17) is 15.2 Å². The minimum Gasteiger partial charge on any atom is -0.378 e. The van der Waals surface area contributed by atoms with Crippen molar-refractivity contribution < 1.29 is 9.47 Å². The molecule has 0 radical (unpaired) electrons. The molecule has 0 aromatic carbocycles. The monoisotopic (exact) mass is 244 g/mol. The van der Waals surface area contributed by atoms with Gasteiger partial charge < -0.3 is 15.2 Å². The number of hydrogen-bond donors (Lipinski definition) is 1. The van der Waals surface area contributed by atoms with Crippen molar-refractivity contribution >= 4 is 11.3 Å². The molecule has 1 rings (SSSR count). The van der Waals surface area contributed by atoms with Crippen LogP contribution < -0.4 is 5.73 Å². The lowest BCUT2D eigenvalue weighted by Crippen LogP contribution is -2.29. The van der Waals surface area contributed by atoms with Crippen molar-refractivity contribution in [3.8, 4) is 0 Å². The van der Waals surface area contributed by atoms with Crippen LogP contribution in [0.4, 0.5) is 0 Å². The molecule has 5 heteroatoms. The Labute approximate surface area is 101 Å². The van der Waals surface area contributed by atoms with Gasteiger partial charge in [-0.25, -0.2) is 4.98 Å². The van der Waals surface area contributed by atoms with E-state index in [1.54, 1.807) is 11.3 Å². The molecule has 1 aromatic rings. The van der Waals surface area contributed by atoms with E-state index in [9.17, 15) is 0 Å². The third-order valence-electron chi connectivity index (χ3n) is 2.29. The summed E-state index contributed by atoms with van der Waals surface area (Å²) in [5.74, 6) is 0. The summed E-state index contributed by atoms with van der Waals surface area (Å²) in [6, 6.07) is 0. The first kappa shape index (κ1) is 13.6. The molecule has 0 saturated heterocycles. The Kier molecular flexibility index (Phi) is 6.56. The number of nitrogens with zero attached hydrogens (tertiary/aromatic N) is 1. The molecule has 1 heterocycles. The summed E-state index contributed by atoms with van der Waals surface area (Å²) in [6.45, 7) is 6.44. The highest BCUT2D eigenvalue weighted by Gasteiger charge is 2.06. The molecule has 0 saturated carbocycles. The summed E-state index contributed by atoms with van der Waals surface area (Å²) in [4.78, 5) is 5.49. The summed E-state index contributed by atoms with van der Waals surface area (Å²) in [7, 11) is 0. The van der Waals surface area contributed by atoms with E-state index in [1.165, 1.54) is 4.88 Å². The first-order valence-electron chi connectivity index (χ1n) is 5.56. The maximum atomic E-state index is 5.55. The van der Waals surface area contributed by atoms with Crippen LogP contribution in [0.1, 0.15) is 17.5 Å². The molecular weight excluding hydrogens is 224 g/mol. The topological polar surface area (TPSA) is 57.4 Å². The normalized spacial score (nSPS) is 12.9. The van der Waals surface area contributed by atoms with E-state index in [2.05, 4.69) is 4.98 Å². The second kappa shape index (κ2) is 7.73. The zero-order valence-corrected chi connectivity index (χ0v) is 10.8. The van der Waals surface area contributed by atoms with Crippen molar-refractivity contribution in [3.63, 3.8) is 0 Å². The number of aryl methyl sites for hydroxylation is 1. The predicted molar refractivity (Wildman–Crippen MR) is 65.8 cm³/mol. The molecule has 0 spiro atoms. The van der Waals surface area contributed by atoms with Gasteiger partial charge in [-0.1, -0.05) is 0 Å². The van der Waals surface area contributed by atoms with Crippen LogP contribution in [0.15, 0.2) is 5.51 Å². The molecule has 0 aliphatic rings. The molecule has 0 amide bonds. The second-order valence-electron chi connectivity index (χ2n) is 3.50. The van der Waals surface area contributed by atoms with Gasteiger partial charge in [-0.2, -0.15) is 0 Å². The van der Waals surface area contributed by atoms with Crippen LogP contribution in [0.3, 0.4) is 0 Å². The second-order valence-corrected chi connectivity index (χ2v) is 4.44. The highest BCUT2D eigenvalue weighted by atomic mass is 32.1. The Morgan fingerprint density at radius 1 is 1.56 bits per heavy atom. The zero-order valence-electron chi connectivity index (χ0n) is 9.94. The summed E-state index contributed by atoms with van der Waals surface area (Å²) in [5.41, 5.74) is 8.52. The van der Waals surface area contributed by atoms with Crippen molar-refractivity contribution in [3.05, 3.63) is 16.1 Å². The minimum atomic E-state index is 0.0209. The molecule has 4 nitrogen and oxygen atoms in total. The van der Waals surface area contributed by atoms with Gasteiger partial charge in [0.15, 0.2) is 0 Å². The van der Waals surface area contributed by atoms with E-state index in [0.717, 1.165) is 12.1 Å². The molecule has 1 atom stereocenters. The van der Waals surface area contributed by atoms with E-state index in [1.807, 2.05) is 19.4 Å². The fourth-order valence-electron chi connectivity index (χ4n) is 1.37. The third-order valence-corrected chi connectivity index (χ3v) is 3.28. The number of aromatic nitrogens is 1. The Morgan fingerprint density at radius 3 is 2.94 bits per heavy atom. The molecule has 2 N–H and O–H groups in total. The van der Waals surface area contributed by atoms with Crippen LogP contribution in [-0.2, 0) is 15.9 Å². The summed E-state index contributed by atoms with van der Waals surface area (Å²) in [6.07, 6.45) is 0.937. The average molecular weight is 244 g/mol. The van der Waals surface area contributed by atoms with Gasteiger partial charge in [-0.15, -0.1) is 11.3 Å². The van der Waals surface area contributed by atoms with Gasteiger partial charge in [0, 0.05) is 24.4 Å². The van der Waals surface area contributed by atoms with Gasteiger partial charge in [0.05, 0.1) is 30.5 Å². The van der Waals surface area contributed by atoms with E-state index < -0.39 is 0 Å². The van der Waals surface area contributed by atoms with Crippen molar-refractivity contribution in [1.82, 2.24) is 4.98 Å². The van der Waals surface area contributed by atoms with Crippen LogP contribution in [0.5, 0.6) is 0 Å². The average Bonchev–Trinajstić information content (AvgIpc) is 2.69. The Hall–Kier alpha value is -0.490. The maximum Gasteiger partial charge on any atom is 0.0930 e. The van der Waals surface area contributed by atoms with Crippen LogP contribution in [-0.4, -0.2) is 37.5 Å². The number of ether oxygens (including phenoxy) is 2. The number of nitrogens with two attached hydrogens (primary N) is 1. The van der Waals surface area contributed by atoms with Crippen molar-refractivity contribution in [1.29, 1.82) is 0 Å². The van der Waals surface area contributed by atoms with Gasteiger partial charge in [-0.05, 0) is 13.8 Å². The Balaban J connectivity index is 2.14. The van der Waals surface area contributed by atoms with Crippen molar-refractivity contribution in [2.75, 3.05) is 26.4 Å². The predicted octanol–water partition coefficient (Wildman–Crippen LogP) is 1.37. The van der Waals surface area contributed by atoms with Crippen LogP contribution >= 0.6 is 11.3 Å². The Bertz CT molecular complexity index is 291. The van der Waals surface area contributed by atoms with Crippen LogP contribution in [0.25, 0.3) is 0 Å². The molecule has 0 aliphatic carbocycles. The molecule has 16 heavy (non-hydrogen) atoms. The van der Waals surface area contributed by atoms with Gasteiger partial charge in [0.1, 0.15) is 0 Å². The summed E-state index contributed by atoms with van der Waals surface area (Å²) < 4.78 is 10.9. The fourth-order valence-corrected chi connectivity index (χ4v) is 2.13. The summed E-state index contributed by atoms with van der Waals surface area (Å²) in [5, 5.41) is 0. The standard InChI is InChI=1S/C11H20N2O2S/c1-3-15-10(6-12)7-14-5-4-11-9(2)13-8-16-11/h8,10H,3-7,12H2,1-2H3. The quantitative estimate of drug-likeness (QED) is 0.702. The lowest BCUT2D eigenvalue weighted by Gasteiger charge is -2.14. The largest absolute Gasteiger partial charge is 0.378 e. The van der Waals surface area contributed by atoms with E-state index in [0.29, 0.717) is 26.4 Å². The number of thiazole rings is 1. The van der Waals surface area contributed by atoms with E-state index in [-0.39, 0.29) is 6.10 Å². The fraction of sp³-hybridized carbons (Fsp3) is 0.727. The van der Waals surface area contributed by atoms with Gasteiger partial charge in [0.25, 0.3) is 0 Å². The molecule has 0 fully saturated rings. The Morgan fingerprint density at radius 2 is 2.38 bits per heavy atom. The molecule has 92 valence electrons. The third kappa shape index (κ3) is 4.57. The molecule has 0 aliphatic heterocycles. The highest BCUT2D eigenvalue weighted by Crippen LogP contribution is 2.12. The molecule has 1 aromatic heterocycles. The number of rotatable bonds is 8. The first-order chi connectivity index (χ1) is 7.77. The van der Waals surface area contributed by atoms with Gasteiger partial charge >= 0.3 is 0 Å². The lowest BCUT2D eigenvalue weighted by atomic mass is 10.3. The van der Waals surface area contributed by atoms with Crippen molar-refractivity contribution in [2.24, 2.45) is 5.73 Å².